The van der Waals surface area contributed by atoms with Crippen molar-refractivity contribution in [3.63, 3.8) is 0 Å². The first-order valence-corrected chi connectivity index (χ1v) is 8.94. The molecule has 0 spiro atoms. The van der Waals surface area contributed by atoms with Crippen LogP contribution in [0.2, 0.25) is 0 Å². The fourth-order valence-corrected chi connectivity index (χ4v) is 3.84. The Morgan fingerprint density at radius 1 is 1.19 bits per heavy atom. The minimum atomic E-state index is -0.560. The molecule has 3 aromatic rings. The molecular formula is C20H20N4O3. The molecule has 7 heteroatoms. The lowest BCUT2D eigenvalue weighted by molar-refractivity contribution is -0.383. The Labute approximate surface area is 155 Å². The number of para-hydroxylation sites is 1. The summed E-state index contributed by atoms with van der Waals surface area (Å²) >= 11 is 0. The van der Waals surface area contributed by atoms with Gasteiger partial charge in [-0.2, -0.15) is 0 Å². The molecule has 4 rings (SSSR count). The summed E-state index contributed by atoms with van der Waals surface area (Å²) in [4.78, 5) is 28.3. The van der Waals surface area contributed by atoms with E-state index < -0.39 is 4.92 Å². The van der Waals surface area contributed by atoms with Gasteiger partial charge in [0.1, 0.15) is 5.69 Å². The summed E-state index contributed by atoms with van der Waals surface area (Å²) in [5.41, 5.74) is 8.18. The number of amides is 1. The van der Waals surface area contributed by atoms with Gasteiger partial charge in [-0.15, -0.1) is 0 Å². The van der Waals surface area contributed by atoms with E-state index in [2.05, 4.69) is 23.3 Å². The Bertz CT molecular complexity index is 1020. The van der Waals surface area contributed by atoms with Gasteiger partial charge >= 0.3 is 0 Å². The van der Waals surface area contributed by atoms with Crippen molar-refractivity contribution in [3.05, 3.63) is 69.9 Å². The van der Waals surface area contributed by atoms with Gasteiger partial charge in [0.2, 0.25) is 0 Å². The summed E-state index contributed by atoms with van der Waals surface area (Å²) in [6, 6.07) is 12.5. The second-order valence-electron chi connectivity index (χ2n) is 6.89. The molecule has 2 aromatic carbocycles. The van der Waals surface area contributed by atoms with Crippen LogP contribution in [0.3, 0.4) is 0 Å². The monoisotopic (exact) mass is 364 g/mol. The maximum Gasteiger partial charge on any atom is 0.292 e. The Balaban J connectivity index is 1.48. The number of nitrogens with two attached hydrogens (primary N) is 1. The average molecular weight is 364 g/mol. The molecule has 0 bridgehead atoms. The third-order valence-corrected chi connectivity index (χ3v) is 5.32. The van der Waals surface area contributed by atoms with Gasteiger partial charge < -0.3 is 15.6 Å². The van der Waals surface area contributed by atoms with Gasteiger partial charge in [0.15, 0.2) is 0 Å². The number of H-pyrrole nitrogens is 1. The number of nitro benzene ring substituents is 1. The number of benzene rings is 2. The first-order valence-electron chi connectivity index (χ1n) is 8.94. The molecule has 7 nitrogen and oxygen atoms in total. The number of nitro groups is 1. The fraction of sp³-hybridized carbons (Fsp3) is 0.250. The topological polar surface area (TPSA) is 105 Å². The van der Waals surface area contributed by atoms with Crippen LogP contribution < -0.4 is 5.73 Å². The molecule has 0 radical (unpaired) electrons. The Morgan fingerprint density at radius 2 is 1.93 bits per heavy atom. The first kappa shape index (κ1) is 17.1. The van der Waals surface area contributed by atoms with Crippen LogP contribution in [-0.2, 0) is 0 Å². The zero-order valence-electron chi connectivity index (χ0n) is 14.7. The zero-order valence-corrected chi connectivity index (χ0v) is 14.7. The molecule has 0 unspecified atom stereocenters. The Hall–Kier alpha value is -3.35. The summed E-state index contributed by atoms with van der Waals surface area (Å²) < 4.78 is 0. The van der Waals surface area contributed by atoms with Crippen LogP contribution in [0, 0.1) is 10.1 Å². The second-order valence-corrected chi connectivity index (χ2v) is 6.89. The van der Waals surface area contributed by atoms with Crippen LogP contribution in [0.15, 0.2) is 48.7 Å². The number of aromatic amines is 1. The number of nitrogens with one attached hydrogen (secondary N) is 1. The summed E-state index contributed by atoms with van der Waals surface area (Å²) in [5.74, 6) is 0.210. The number of hydrogen-bond acceptors (Lipinski definition) is 4. The molecule has 1 aromatic heterocycles. The van der Waals surface area contributed by atoms with Crippen LogP contribution in [0.4, 0.5) is 11.4 Å². The lowest BCUT2D eigenvalue weighted by Gasteiger charge is -2.32. The van der Waals surface area contributed by atoms with Gasteiger partial charge in [-0.25, -0.2) is 0 Å². The number of nitrogen functional groups attached to an aromatic ring is 1. The lowest BCUT2D eigenvalue weighted by atomic mass is 9.89. The maximum absolute atomic E-state index is 12.7. The fourth-order valence-electron chi connectivity index (χ4n) is 3.84. The molecule has 1 fully saturated rings. The zero-order chi connectivity index (χ0) is 19.0. The van der Waals surface area contributed by atoms with Crippen molar-refractivity contribution in [1.29, 1.82) is 0 Å². The number of nitrogens with zero attached hydrogens (tertiary/aromatic N) is 2. The number of carbonyl (C=O) groups excluding carboxylic acids is 1. The maximum atomic E-state index is 12.7. The predicted octanol–water partition coefficient (Wildman–Crippen LogP) is 3.68. The van der Waals surface area contributed by atoms with Crippen LogP contribution in [0.25, 0.3) is 10.9 Å². The molecule has 0 saturated carbocycles. The molecule has 27 heavy (non-hydrogen) atoms. The van der Waals surface area contributed by atoms with Crippen molar-refractivity contribution >= 4 is 28.2 Å². The Kier molecular flexibility index (Phi) is 4.27. The third-order valence-electron chi connectivity index (χ3n) is 5.32. The van der Waals surface area contributed by atoms with Gasteiger partial charge in [-0.1, -0.05) is 18.2 Å². The number of fused-ring (bicyclic) bond motifs is 1. The van der Waals surface area contributed by atoms with Gasteiger partial charge in [0.25, 0.3) is 11.6 Å². The number of piperidine rings is 1. The Morgan fingerprint density at radius 3 is 2.67 bits per heavy atom. The van der Waals surface area contributed by atoms with Crippen molar-refractivity contribution in [2.45, 2.75) is 18.8 Å². The normalized spacial score (nSPS) is 15.2. The molecule has 1 aliphatic heterocycles. The molecule has 1 saturated heterocycles. The summed E-state index contributed by atoms with van der Waals surface area (Å²) in [6.07, 6.45) is 3.80. The smallest absolute Gasteiger partial charge is 0.292 e. The van der Waals surface area contributed by atoms with Crippen LogP contribution in [0.1, 0.15) is 34.7 Å². The summed E-state index contributed by atoms with van der Waals surface area (Å²) in [7, 11) is 0. The SMILES string of the molecule is Nc1ccc(C(=O)N2CCC(c3c[nH]c4ccccc34)CC2)cc1[N+](=O)[O-]. The summed E-state index contributed by atoms with van der Waals surface area (Å²) in [5, 5.41) is 12.3. The van der Waals surface area contributed by atoms with E-state index in [1.807, 2.05) is 12.1 Å². The highest BCUT2D eigenvalue weighted by molar-refractivity contribution is 5.95. The molecule has 1 aliphatic rings. The molecule has 2 heterocycles. The van der Waals surface area contributed by atoms with Crippen molar-refractivity contribution < 1.29 is 9.72 Å². The van der Waals surface area contributed by atoms with Gasteiger partial charge in [-0.3, -0.25) is 14.9 Å². The molecular weight excluding hydrogens is 344 g/mol. The van der Waals surface area contributed by atoms with E-state index >= 15 is 0 Å². The number of carbonyl (C=O) groups is 1. The van der Waals surface area contributed by atoms with Gasteiger partial charge in [0.05, 0.1) is 4.92 Å². The largest absolute Gasteiger partial charge is 0.393 e. The highest BCUT2D eigenvalue weighted by atomic mass is 16.6. The van der Waals surface area contributed by atoms with Crippen molar-refractivity contribution in [2.75, 3.05) is 18.8 Å². The molecule has 0 aliphatic carbocycles. The van der Waals surface area contributed by atoms with Crippen LogP contribution >= 0.6 is 0 Å². The van der Waals surface area contributed by atoms with E-state index in [1.165, 1.54) is 23.1 Å². The highest BCUT2D eigenvalue weighted by Gasteiger charge is 2.27. The molecule has 1 amide bonds. The lowest BCUT2D eigenvalue weighted by Crippen LogP contribution is -2.37. The quantitative estimate of drug-likeness (QED) is 0.420. The van der Waals surface area contributed by atoms with Crippen molar-refractivity contribution in [3.8, 4) is 0 Å². The van der Waals surface area contributed by atoms with Gasteiger partial charge in [-0.05, 0) is 42.5 Å². The third kappa shape index (κ3) is 3.12. The van der Waals surface area contributed by atoms with E-state index in [9.17, 15) is 14.9 Å². The number of likely N-dealkylation sites (tertiary alicyclic amines) is 1. The first-order chi connectivity index (χ1) is 13.0. The number of hydrogen-bond donors (Lipinski definition) is 2. The van der Waals surface area contributed by atoms with E-state index in [0.717, 1.165) is 18.4 Å². The second kappa shape index (κ2) is 6.75. The number of rotatable bonds is 3. The molecule has 0 atom stereocenters. The van der Waals surface area contributed by atoms with E-state index in [1.54, 1.807) is 11.0 Å². The van der Waals surface area contributed by atoms with Crippen LogP contribution in [-0.4, -0.2) is 33.8 Å². The number of anilines is 1. The van der Waals surface area contributed by atoms with Crippen molar-refractivity contribution in [1.82, 2.24) is 9.88 Å². The standard InChI is InChI=1S/C20H20N4O3/c21-17-6-5-14(11-19(17)24(26)27)20(25)23-9-7-13(8-10-23)16-12-22-18-4-2-1-3-15(16)18/h1-6,11-13,22H,7-10,21H2. The van der Waals surface area contributed by atoms with Crippen LogP contribution in [0.5, 0.6) is 0 Å². The molecule has 3 N–H and O–H groups in total. The highest BCUT2D eigenvalue weighted by Crippen LogP contribution is 2.33. The van der Waals surface area contributed by atoms with E-state index in [4.69, 9.17) is 5.73 Å². The van der Waals surface area contributed by atoms with Gasteiger partial charge in [0, 0.05) is 41.8 Å². The average Bonchev–Trinajstić information content (AvgIpc) is 3.12. The number of aromatic nitrogens is 1. The van der Waals surface area contributed by atoms with Crippen molar-refractivity contribution in [2.24, 2.45) is 0 Å². The molecule has 138 valence electrons. The van der Waals surface area contributed by atoms with E-state index in [-0.39, 0.29) is 17.3 Å². The minimum Gasteiger partial charge on any atom is -0.393 e. The predicted molar refractivity (Wildman–Crippen MR) is 104 cm³/mol. The van der Waals surface area contributed by atoms with E-state index in [0.29, 0.717) is 24.6 Å². The summed E-state index contributed by atoms with van der Waals surface area (Å²) in [6.45, 7) is 1.25. The minimum absolute atomic E-state index is 0.0644.